The first kappa shape index (κ1) is 31.7. The molecular formula is C29H37N5O9S. The molecule has 15 heteroatoms. The Labute approximate surface area is 258 Å². The highest BCUT2D eigenvalue weighted by Crippen LogP contribution is 2.52. The molecule has 3 fully saturated rings. The number of benzene rings is 1. The van der Waals surface area contributed by atoms with E-state index in [-0.39, 0.29) is 48.3 Å². The van der Waals surface area contributed by atoms with Gasteiger partial charge >= 0.3 is 6.09 Å². The molecular weight excluding hydrogens is 594 g/mol. The van der Waals surface area contributed by atoms with Gasteiger partial charge in [0.15, 0.2) is 6.54 Å². The second-order valence-corrected chi connectivity index (χ2v) is 13.7. The van der Waals surface area contributed by atoms with Crippen molar-refractivity contribution in [1.29, 1.82) is 0 Å². The molecule has 1 aromatic rings. The second-order valence-electron chi connectivity index (χ2n) is 12.3. The summed E-state index contributed by atoms with van der Waals surface area (Å²) in [5.41, 5.74) is 5.93. The number of non-ortho nitro benzene ring substituents is 1. The molecule has 3 saturated heterocycles. The number of rotatable bonds is 11. The van der Waals surface area contributed by atoms with Crippen molar-refractivity contribution in [1.82, 2.24) is 9.80 Å². The molecule has 4 heterocycles. The number of hydrogen-bond donors (Lipinski definition) is 2. The SMILES string of the molecule is C[C@@H](O)[C@H]1C(=O)N2C(C(=O)[O-])=C(S[C@H]3C[C@@H](C[N+]4(CC(N)=O)CCCC4)N(C(=O)OCc4ccc([N+](=O)[O-])cc4)C3)[C@H](C)[C@H]12. The summed E-state index contributed by atoms with van der Waals surface area (Å²) in [6, 6.07) is 4.89. The normalized spacial score (nSPS) is 28.1. The van der Waals surface area contributed by atoms with Crippen molar-refractivity contribution in [3.05, 3.63) is 50.5 Å². The highest BCUT2D eigenvalue weighted by molar-refractivity contribution is 8.03. The van der Waals surface area contributed by atoms with Crippen LogP contribution >= 0.6 is 11.8 Å². The van der Waals surface area contributed by atoms with Gasteiger partial charge in [0.05, 0.1) is 60.3 Å². The fourth-order valence-corrected chi connectivity index (χ4v) is 8.90. The number of carbonyl (C=O) groups excluding carboxylic acids is 4. The molecule has 0 spiro atoms. The molecule has 0 bridgehead atoms. The van der Waals surface area contributed by atoms with Gasteiger partial charge in [0.1, 0.15) is 6.61 Å². The van der Waals surface area contributed by atoms with E-state index in [2.05, 4.69) is 0 Å². The van der Waals surface area contributed by atoms with E-state index in [1.54, 1.807) is 4.90 Å². The number of nitro groups is 1. The lowest BCUT2D eigenvalue weighted by atomic mass is 9.79. The molecule has 44 heavy (non-hydrogen) atoms. The standard InChI is InChI=1S/C29H37N5O9S/c1-16-24-23(17(2)35)27(37)32(24)25(28(38)39)26(16)44-21-11-20(13-34(14-22(30)36)9-3-4-10-34)31(12-21)29(40)43-15-18-5-7-19(8-6-18)33(41)42/h5-8,16-17,20-21,23-24,35H,3-4,9-15H2,1-2H3,(H2-,30,36,38,39)/t16-,17-,20+,21+,23-,24-/m1/s1. The van der Waals surface area contributed by atoms with Gasteiger partial charge < -0.3 is 34.9 Å². The second kappa shape index (κ2) is 12.4. The Kier molecular flexibility index (Phi) is 8.92. The fraction of sp³-hybridized carbons (Fsp3) is 0.586. The minimum atomic E-state index is -1.46. The van der Waals surface area contributed by atoms with Crippen LogP contribution in [0.15, 0.2) is 34.9 Å². The molecule has 0 unspecified atom stereocenters. The number of ether oxygens (including phenoxy) is 1. The van der Waals surface area contributed by atoms with Crippen molar-refractivity contribution >= 4 is 41.3 Å². The number of carbonyl (C=O) groups is 4. The number of nitro benzene ring substituents is 1. The average Bonchev–Trinajstić information content (AvgIpc) is 3.63. The predicted octanol–water partition coefficient (Wildman–Crippen LogP) is 0.322. The highest BCUT2D eigenvalue weighted by Gasteiger charge is 2.59. The summed E-state index contributed by atoms with van der Waals surface area (Å²) in [5.74, 6) is -3.38. The number of fused-ring (bicyclic) bond motifs is 1. The van der Waals surface area contributed by atoms with E-state index in [9.17, 15) is 39.5 Å². The monoisotopic (exact) mass is 631 g/mol. The van der Waals surface area contributed by atoms with Gasteiger partial charge in [-0.05, 0) is 31.0 Å². The minimum absolute atomic E-state index is 0.0776. The quantitative estimate of drug-likeness (QED) is 0.149. The number of thioether (sulfide) groups is 1. The van der Waals surface area contributed by atoms with Crippen molar-refractivity contribution in [3.63, 3.8) is 0 Å². The van der Waals surface area contributed by atoms with E-state index >= 15 is 0 Å². The molecule has 3 N–H and O–H groups in total. The molecule has 3 amide bonds. The number of nitrogens with zero attached hydrogens (tertiary/aromatic N) is 4. The van der Waals surface area contributed by atoms with Gasteiger partial charge in [-0.1, -0.05) is 6.92 Å². The number of aliphatic carboxylic acids is 1. The van der Waals surface area contributed by atoms with Crippen LogP contribution in [0.1, 0.15) is 38.7 Å². The highest BCUT2D eigenvalue weighted by atomic mass is 32.2. The van der Waals surface area contributed by atoms with Crippen molar-refractivity contribution in [2.75, 3.05) is 32.7 Å². The van der Waals surface area contributed by atoms with Crippen LogP contribution in [0.5, 0.6) is 0 Å². The van der Waals surface area contributed by atoms with Gasteiger partial charge in [-0.25, -0.2) is 4.79 Å². The van der Waals surface area contributed by atoms with Crippen molar-refractivity contribution in [3.8, 4) is 0 Å². The smallest absolute Gasteiger partial charge is 0.410 e. The summed E-state index contributed by atoms with van der Waals surface area (Å²) in [7, 11) is 0. The largest absolute Gasteiger partial charge is 0.543 e. The molecule has 238 valence electrons. The number of aliphatic hydroxyl groups excluding tert-OH is 1. The van der Waals surface area contributed by atoms with Crippen LogP contribution in [0, 0.1) is 22.0 Å². The van der Waals surface area contributed by atoms with Crippen LogP contribution in [-0.4, -0.2) is 104 Å². The first-order valence-corrected chi connectivity index (χ1v) is 15.6. The van der Waals surface area contributed by atoms with Crippen molar-refractivity contribution < 1.29 is 43.5 Å². The van der Waals surface area contributed by atoms with Crippen LogP contribution in [0.2, 0.25) is 0 Å². The molecule has 6 atom stereocenters. The predicted molar refractivity (Wildman–Crippen MR) is 155 cm³/mol. The molecule has 0 saturated carbocycles. The number of likely N-dealkylation sites (tertiary alicyclic amines) is 2. The zero-order valence-electron chi connectivity index (χ0n) is 24.6. The summed E-state index contributed by atoms with van der Waals surface area (Å²) in [5, 5.41) is 33.1. The molecule has 4 aliphatic heterocycles. The lowest BCUT2D eigenvalue weighted by Crippen LogP contribution is -2.64. The number of aliphatic hydroxyl groups is 1. The number of hydrogen-bond acceptors (Lipinski definition) is 10. The zero-order valence-corrected chi connectivity index (χ0v) is 25.4. The maximum atomic E-state index is 13.5. The van der Waals surface area contributed by atoms with Gasteiger partial charge in [-0.2, -0.15) is 0 Å². The molecule has 5 rings (SSSR count). The van der Waals surface area contributed by atoms with Gasteiger partial charge in [0.2, 0.25) is 5.91 Å². The van der Waals surface area contributed by atoms with E-state index in [4.69, 9.17) is 10.5 Å². The first-order chi connectivity index (χ1) is 20.8. The number of carboxylic acids is 1. The average molecular weight is 632 g/mol. The Morgan fingerprint density at radius 2 is 1.89 bits per heavy atom. The molecule has 4 aliphatic rings. The molecule has 0 aromatic heterocycles. The van der Waals surface area contributed by atoms with E-state index in [0.717, 1.165) is 25.9 Å². The Morgan fingerprint density at radius 3 is 2.45 bits per heavy atom. The Hall–Kier alpha value is -3.69. The summed E-state index contributed by atoms with van der Waals surface area (Å²) >= 11 is 1.31. The number of primary amides is 1. The Bertz CT molecular complexity index is 1380. The molecule has 1 aromatic carbocycles. The number of amides is 3. The van der Waals surface area contributed by atoms with Crippen LogP contribution < -0.4 is 10.8 Å². The Balaban J connectivity index is 1.36. The van der Waals surface area contributed by atoms with Crippen LogP contribution in [0.25, 0.3) is 0 Å². The van der Waals surface area contributed by atoms with Gasteiger partial charge in [0.25, 0.3) is 11.6 Å². The van der Waals surface area contributed by atoms with Crippen LogP contribution in [-0.2, 0) is 25.7 Å². The Morgan fingerprint density at radius 1 is 1.23 bits per heavy atom. The fourth-order valence-electron chi connectivity index (χ4n) is 7.34. The lowest BCUT2D eigenvalue weighted by molar-refractivity contribution is -0.910. The maximum absolute atomic E-state index is 13.5. The van der Waals surface area contributed by atoms with Gasteiger partial charge in [-0.3, -0.25) is 24.6 Å². The summed E-state index contributed by atoms with van der Waals surface area (Å²) in [4.78, 5) is 64.3. The third-order valence-electron chi connectivity index (χ3n) is 9.32. The number of nitrogens with two attached hydrogens (primary N) is 1. The van der Waals surface area contributed by atoms with Crippen molar-refractivity contribution in [2.45, 2.75) is 63.2 Å². The van der Waals surface area contributed by atoms with Gasteiger partial charge in [0, 0.05) is 47.6 Å². The third-order valence-corrected chi connectivity index (χ3v) is 10.8. The molecule has 0 radical (unpaired) electrons. The maximum Gasteiger partial charge on any atom is 0.410 e. The summed E-state index contributed by atoms with van der Waals surface area (Å²) in [6.45, 7) is 5.61. The molecule has 14 nitrogen and oxygen atoms in total. The summed E-state index contributed by atoms with van der Waals surface area (Å²) < 4.78 is 6.08. The summed E-state index contributed by atoms with van der Waals surface area (Å²) in [6.07, 6.45) is 0.830. The lowest BCUT2D eigenvalue weighted by Gasteiger charge is -2.47. The zero-order chi connectivity index (χ0) is 31.9. The number of β-lactam (4-membered cyclic amide) rings is 1. The first-order valence-electron chi connectivity index (χ1n) is 14.8. The van der Waals surface area contributed by atoms with Crippen LogP contribution in [0.4, 0.5) is 10.5 Å². The van der Waals surface area contributed by atoms with E-state index in [0.29, 0.717) is 27.9 Å². The van der Waals surface area contributed by atoms with E-state index in [1.807, 2.05) is 6.92 Å². The van der Waals surface area contributed by atoms with Gasteiger partial charge in [-0.15, -0.1) is 11.8 Å². The topological polar surface area (TPSA) is 196 Å². The number of quaternary nitrogens is 1. The van der Waals surface area contributed by atoms with E-state index < -0.39 is 46.9 Å². The van der Waals surface area contributed by atoms with E-state index in [1.165, 1.54) is 47.9 Å². The van der Waals surface area contributed by atoms with Crippen molar-refractivity contribution in [2.24, 2.45) is 17.6 Å². The minimum Gasteiger partial charge on any atom is -0.543 e. The third kappa shape index (κ3) is 6.00. The number of carboxylic acid groups (broad SMARTS) is 1. The van der Waals surface area contributed by atoms with Crippen LogP contribution in [0.3, 0.4) is 0 Å². The molecule has 0 aliphatic carbocycles.